The van der Waals surface area contributed by atoms with Crippen molar-refractivity contribution in [2.24, 2.45) is 0 Å². The molecule has 160 valence electrons. The molecule has 0 atom stereocenters. The van der Waals surface area contributed by atoms with Gasteiger partial charge in [-0.05, 0) is 37.1 Å². The summed E-state index contributed by atoms with van der Waals surface area (Å²) >= 11 is 0. The van der Waals surface area contributed by atoms with Gasteiger partial charge in [-0.15, -0.1) is 0 Å². The maximum atomic E-state index is 13.2. The first-order valence-corrected chi connectivity index (χ1v) is 9.90. The Morgan fingerprint density at radius 1 is 0.968 bits per heavy atom. The molecule has 1 aliphatic carbocycles. The third-order valence-electron chi connectivity index (χ3n) is 5.48. The lowest BCUT2D eigenvalue weighted by Crippen LogP contribution is -2.30. The molecule has 1 saturated heterocycles. The van der Waals surface area contributed by atoms with Crippen molar-refractivity contribution in [3.8, 4) is 17.2 Å². The van der Waals surface area contributed by atoms with Gasteiger partial charge < -0.3 is 19.1 Å². The summed E-state index contributed by atoms with van der Waals surface area (Å²) in [5, 5.41) is 0. The maximum absolute atomic E-state index is 13.2. The fraction of sp³-hybridized carbons (Fsp3) is 0.304. The van der Waals surface area contributed by atoms with Gasteiger partial charge in [-0.1, -0.05) is 0 Å². The predicted octanol–water partition coefficient (Wildman–Crippen LogP) is 2.70. The largest absolute Gasteiger partial charge is 0.493 e. The summed E-state index contributed by atoms with van der Waals surface area (Å²) in [6, 6.07) is 5.97. The van der Waals surface area contributed by atoms with Crippen molar-refractivity contribution in [2.75, 3.05) is 34.4 Å². The van der Waals surface area contributed by atoms with E-state index in [0.717, 1.165) is 25.9 Å². The number of aromatic nitrogens is 1. The molecule has 1 aliphatic heterocycles. The van der Waals surface area contributed by atoms with Crippen LogP contribution in [0.15, 0.2) is 36.0 Å². The molecule has 4 rings (SSSR count). The minimum Gasteiger partial charge on any atom is -0.493 e. The number of methoxy groups -OCH3 is 3. The van der Waals surface area contributed by atoms with Crippen molar-refractivity contribution in [3.63, 3.8) is 0 Å². The molecule has 0 saturated carbocycles. The first-order valence-electron chi connectivity index (χ1n) is 9.90. The fourth-order valence-corrected chi connectivity index (χ4v) is 3.90. The molecule has 0 unspecified atom stereocenters. The molecule has 8 nitrogen and oxygen atoms in total. The van der Waals surface area contributed by atoms with E-state index < -0.39 is 5.78 Å². The summed E-state index contributed by atoms with van der Waals surface area (Å²) in [4.78, 5) is 45.0. The van der Waals surface area contributed by atoms with Crippen LogP contribution in [0.3, 0.4) is 0 Å². The Balaban J connectivity index is 1.73. The highest BCUT2D eigenvalue weighted by Crippen LogP contribution is 2.38. The quantitative estimate of drug-likeness (QED) is 0.656. The van der Waals surface area contributed by atoms with E-state index in [1.165, 1.54) is 51.7 Å². The van der Waals surface area contributed by atoms with E-state index in [9.17, 15) is 14.4 Å². The highest BCUT2D eigenvalue weighted by atomic mass is 16.5. The molecule has 8 heteroatoms. The number of pyridine rings is 1. The minimum absolute atomic E-state index is 0.00712. The zero-order valence-corrected chi connectivity index (χ0v) is 17.6. The Hall–Kier alpha value is -3.68. The minimum atomic E-state index is -0.431. The van der Waals surface area contributed by atoms with Crippen molar-refractivity contribution in [2.45, 2.75) is 12.8 Å². The Morgan fingerprint density at radius 2 is 1.61 bits per heavy atom. The highest BCUT2D eigenvalue weighted by Gasteiger charge is 2.32. The van der Waals surface area contributed by atoms with Crippen molar-refractivity contribution in [1.29, 1.82) is 0 Å². The standard InChI is InChI=1S/C23H22N2O6/c1-29-18-10-13(11-19(30-2)23(18)31-3)21(27)15-7-6-14-17(26)12-16(22(28)20(14)24-15)25-8-4-5-9-25/h6-7,10-12H,4-5,8-9H2,1-3H3. The number of likely N-dealkylation sites (tertiary alicyclic amines) is 1. The average molecular weight is 422 g/mol. The second-order valence-corrected chi connectivity index (χ2v) is 7.25. The van der Waals surface area contributed by atoms with Gasteiger partial charge >= 0.3 is 0 Å². The van der Waals surface area contributed by atoms with Crippen molar-refractivity contribution in [1.82, 2.24) is 9.88 Å². The number of ether oxygens (including phenoxy) is 3. The molecule has 0 bridgehead atoms. The van der Waals surface area contributed by atoms with E-state index in [0.29, 0.717) is 22.9 Å². The van der Waals surface area contributed by atoms with E-state index in [4.69, 9.17) is 14.2 Å². The van der Waals surface area contributed by atoms with Crippen LogP contribution in [0.25, 0.3) is 0 Å². The molecule has 0 N–H and O–H groups in total. The normalized spacial score (nSPS) is 15.5. The number of ketones is 3. The molecule has 0 spiro atoms. The van der Waals surface area contributed by atoms with Crippen LogP contribution in [0.1, 0.15) is 49.7 Å². The molecule has 1 fully saturated rings. The van der Waals surface area contributed by atoms with Crippen LogP contribution >= 0.6 is 0 Å². The number of hydrogen-bond donors (Lipinski definition) is 0. The number of carbonyl (C=O) groups is 3. The van der Waals surface area contributed by atoms with E-state index in [2.05, 4.69) is 4.98 Å². The summed E-state index contributed by atoms with van der Waals surface area (Å²) < 4.78 is 15.9. The third-order valence-corrected chi connectivity index (χ3v) is 5.48. The third kappa shape index (κ3) is 3.54. The summed E-state index contributed by atoms with van der Waals surface area (Å²) in [6.07, 6.45) is 3.32. The topological polar surface area (TPSA) is 95.0 Å². The van der Waals surface area contributed by atoms with Gasteiger partial charge in [-0.3, -0.25) is 14.4 Å². The van der Waals surface area contributed by atoms with Crippen molar-refractivity contribution in [3.05, 3.63) is 58.6 Å². The van der Waals surface area contributed by atoms with Crippen molar-refractivity contribution >= 4 is 17.3 Å². The molecule has 1 aromatic heterocycles. The molecule has 1 aromatic carbocycles. The average Bonchev–Trinajstić information content (AvgIpc) is 3.34. The zero-order valence-electron chi connectivity index (χ0n) is 17.6. The SMILES string of the molecule is COc1cc(C(=O)c2ccc3c(n2)C(=O)C(N2CCCC2)=CC3=O)cc(OC)c1OC. The van der Waals surface area contributed by atoms with E-state index >= 15 is 0 Å². The molecule has 0 amide bonds. The first kappa shape index (κ1) is 20.6. The number of carbonyl (C=O) groups excluding carboxylic acids is 3. The van der Waals surface area contributed by atoms with Crippen LogP contribution in [-0.2, 0) is 0 Å². The Bertz CT molecular complexity index is 1090. The second kappa shape index (κ2) is 8.22. The van der Waals surface area contributed by atoms with E-state index in [-0.39, 0.29) is 34.1 Å². The van der Waals surface area contributed by atoms with Crippen LogP contribution < -0.4 is 14.2 Å². The molecule has 2 aromatic rings. The van der Waals surface area contributed by atoms with Gasteiger partial charge in [0.15, 0.2) is 17.3 Å². The van der Waals surface area contributed by atoms with Gasteiger partial charge in [0.2, 0.25) is 17.3 Å². The van der Waals surface area contributed by atoms with E-state index in [1.54, 1.807) is 0 Å². The summed E-state index contributed by atoms with van der Waals surface area (Å²) in [5.74, 6) is -0.0325. The lowest BCUT2D eigenvalue weighted by atomic mass is 9.95. The number of hydrogen-bond acceptors (Lipinski definition) is 8. The molecule has 2 heterocycles. The van der Waals surface area contributed by atoms with Crippen LogP contribution in [0.4, 0.5) is 0 Å². The van der Waals surface area contributed by atoms with Gasteiger partial charge in [0.05, 0.1) is 32.6 Å². The second-order valence-electron chi connectivity index (χ2n) is 7.25. The number of allylic oxidation sites excluding steroid dienone is 2. The number of benzene rings is 1. The van der Waals surface area contributed by atoms with Gasteiger partial charge in [0.25, 0.3) is 0 Å². The molecular weight excluding hydrogens is 400 g/mol. The van der Waals surface area contributed by atoms with Crippen LogP contribution in [0.2, 0.25) is 0 Å². The van der Waals surface area contributed by atoms with Gasteiger partial charge in [0.1, 0.15) is 11.4 Å². The summed E-state index contributed by atoms with van der Waals surface area (Å²) in [5.41, 5.74) is 0.866. The van der Waals surface area contributed by atoms with Crippen LogP contribution in [-0.4, -0.2) is 61.7 Å². The first-order chi connectivity index (χ1) is 15.0. The highest BCUT2D eigenvalue weighted by molar-refractivity contribution is 6.24. The number of fused-ring (bicyclic) bond motifs is 1. The van der Waals surface area contributed by atoms with Crippen LogP contribution in [0.5, 0.6) is 17.2 Å². The monoisotopic (exact) mass is 422 g/mol. The lowest BCUT2D eigenvalue weighted by molar-refractivity contribution is 0.0951. The Kier molecular flexibility index (Phi) is 5.46. The smallest absolute Gasteiger partial charge is 0.228 e. The van der Waals surface area contributed by atoms with Gasteiger partial charge in [-0.25, -0.2) is 4.98 Å². The predicted molar refractivity (Wildman–Crippen MR) is 111 cm³/mol. The summed E-state index contributed by atoms with van der Waals surface area (Å²) in [7, 11) is 4.39. The molecule has 2 aliphatic rings. The van der Waals surface area contributed by atoms with E-state index in [1.807, 2.05) is 4.90 Å². The molecule has 31 heavy (non-hydrogen) atoms. The Morgan fingerprint density at radius 3 is 2.19 bits per heavy atom. The van der Waals surface area contributed by atoms with Crippen molar-refractivity contribution < 1.29 is 28.6 Å². The number of nitrogens with zero attached hydrogens (tertiary/aromatic N) is 2. The van der Waals surface area contributed by atoms with Gasteiger partial charge in [0, 0.05) is 24.7 Å². The number of Topliss-reactive ketones (excluding diaryl/α,β-unsaturated/α-hetero) is 1. The van der Waals surface area contributed by atoms with Crippen LogP contribution in [0, 0.1) is 0 Å². The number of rotatable bonds is 6. The Labute approximate surface area is 179 Å². The fourth-order valence-electron chi connectivity index (χ4n) is 3.90. The summed E-state index contributed by atoms with van der Waals surface area (Å²) in [6.45, 7) is 1.45. The lowest BCUT2D eigenvalue weighted by Gasteiger charge is -2.23. The zero-order chi connectivity index (χ0) is 22.1. The maximum Gasteiger partial charge on any atom is 0.228 e. The molecular formula is C23H22N2O6. The van der Waals surface area contributed by atoms with Gasteiger partial charge in [-0.2, -0.15) is 0 Å². The molecule has 0 radical (unpaired) electrons.